The van der Waals surface area contributed by atoms with Crippen molar-refractivity contribution in [2.45, 2.75) is 0 Å². The minimum atomic E-state index is -2.00. The van der Waals surface area contributed by atoms with Crippen molar-refractivity contribution in [1.29, 1.82) is 0 Å². The van der Waals surface area contributed by atoms with Crippen molar-refractivity contribution in [3.63, 3.8) is 0 Å². The first-order chi connectivity index (χ1) is 1.41. The Morgan fingerprint density at radius 1 is 1.25 bits per heavy atom. The van der Waals surface area contributed by atoms with Crippen LogP contribution in [0.2, 0.25) is 0 Å². The quantitative estimate of drug-likeness (QED) is 0.558. The molecule has 0 heterocycles. The molecule has 0 bridgehead atoms. The van der Waals surface area contributed by atoms with Crippen LogP contribution >= 0.6 is 0 Å². The molecule has 2 nitrogen and oxygen atoms in total. The fourth-order valence-electron chi connectivity index (χ4n) is 0. The van der Waals surface area contributed by atoms with E-state index in [9.17, 15) is 0 Å². The molecule has 0 saturated heterocycles. The minimum absolute atomic E-state index is 0. The molecule has 4 heteroatoms. The first kappa shape index (κ1) is 9.27. The van der Waals surface area contributed by atoms with Gasteiger partial charge in [0, 0.05) is 46.9 Å². The summed E-state index contributed by atoms with van der Waals surface area (Å²) >= 11 is -2.00. The van der Waals surface area contributed by atoms with Crippen LogP contribution in [0.4, 0.5) is 0 Å². The van der Waals surface area contributed by atoms with Crippen molar-refractivity contribution >= 4 is 0 Å². The zero-order valence-electron chi connectivity index (χ0n) is 1.58. The molecule has 0 N–H and O–H groups in total. The molecule has 0 radical (unpaired) electrons. The molecule has 0 aliphatic carbocycles. The van der Waals surface area contributed by atoms with Crippen LogP contribution in [0.25, 0.3) is 0 Å². The predicted molar refractivity (Wildman–Crippen MR) is 1.37 cm³/mol. The van der Waals surface area contributed by atoms with Crippen molar-refractivity contribution in [3.8, 4) is 0 Å². The van der Waals surface area contributed by atoms with Crippen LogP contribution in [0.15, 0.2) is 0 Å². The summed E-state index contributed by atoms with van der Waals surface area (Å²) in [4.78, 5) is 0. The molecule has 4 heavy (non-hydrogen) atoms. The van der Waals surface area contributed by atoms with E-state index in [-0.39, 0.29) is 46.9 Å². The summed E-state index contributed by atoms with van der Waals surface area (Å²) < 4.78 is 17.0. The Hall–Kier alpha value is 1.83. The molecule has 0 saturated carbocycles. The normalized spacial score (nSPS) is 2.00. The second-order valence-electron chi connectivity index (χ2n) is 0.0833. The number of hydrogen-bond donors (Lipinski definition) is 0. The standard InChI is InChI=1S/2O.Ti.Yb. The molecule has 0 aliphatic heterocycles. The smallest absolute Gasteiger partial charge is 0 e. The van der Waals surface area contributed by atoms with E-state index < -0.39 is 19.1 Å². The molecule has 0 spiro atoms. The first-order valence-electron chi connectivity index (χ1n) is 0.408. The molecule has 0 amide bonds. The maximum atomic E-state index is 8.50. The fourth-order valence-corrected chi connectivity index (χ4v) is 0. The summed E-state index contributed by atoms with van der Waals surface area (Å²) in [5, 5.41) is 0. The van der Waals surface area contributed by atoms with Gasteiger partial charge in [-0.25, -0.2) is 0 Å². The van der Waals surface area contributed by atoms with Crippen LogP contribution in [0.5, 0.6) is 0 Å². The Morgan fingerprint density at radius 3 is 1.25 bits per heavy atom. The minimum Gasteiger partial charge on any atom is 0 e. The van der Waals surface area contributed by atoms with E-state index in [1.807, 2.05) is 0 Å². The van der Waals surface area contributed by atoms with Gasteiger partial charge in [0.2, 0.25) is 0 Å². The van der Waals surface area contributed by atoms with Crippen LogP contribution < -0.4 is 0 Å². The Labute approximate surface area is 71.1 Å². The van der Waals surface area contributed by atoms with Gasteiger partial charge in [-0.15, -0.1) is 0 Å². The zero-order valence-corrected chi connectivity index (χ0v) is 4.86. The van der Waals surface area contributed by atoms with Gasteiger partial charge in [0.05, 0.1) is 0 Å². The summed E-state index contributed by atoms with van der Waals surface area (Å²) in [6.07, 6.45) is 0. The molecule has 0 atom stereocenters. The summed E-state index contributed by atoms with van der Waals surface area (Å²) in [5.74, 6) is 0. The summed E-state index contributed by atoms with van der Waals surface area (Å²) in [6.45, 7) is 0. The maximum Gasteiger partial charge on any atom is 0 e. The van der Waals surface area contributed by atoms with E-state index in [4.69, 9.17) is 6.65 Å². The zero-order chi connectivity index (χ0) is 2.71. The molecule has 0 aromatic rings. The van der Waals surface area contributed by atoms with Crippen LogP contribution in [-0.2, 0) is 25.7 Å². The molecule has 0 fully saturated rings. The summed E-state index contributed by atoms with van der Waals surface area (Å²) in [5.41, 5.74) is 0. The average Bonchev–Trinajstić information content (AvgIpc) is 0.918. The van der Waals surface area contributed by atoms with Crippen molar-refractivity contribution in [2.24, 2.45) is 0 Å². The third-order valence-corrected chi connectivity index (χ3v) is 0. The van der Waals surface area contributed by atoms with Gasteiger partial charge in [0.15, 0.2) is 0 Å². The van der Waals surface area contributed by atoms with Crippen LogP contribution in [-0.4, -0.2) is 0 Å². The molecule has 0 rings (SSSR count). The van der Waals surface area contributed by atoms with Gasteiger partial charge in [-0.05, 0) is 0 Å². The van der Waals surface area contributed by atoms with E-state index in [1.165, 1.54) is 0 Å². The first-order valence-corrected chi connectivity index (χ1v) is 1.68. The molecule has 0 aromatic carbocycles. The van der Waals surface area contributed by atoms with Crippen LogP contribution in [0.1, 0.15) is 0 Å². The van der Waals surface area contributed by atoms with E-state index in [2.05, 4.69) is 0 Å². The number of hydrogen-bond acceptors (Lipinski definition) is 2. The van der Waals surface area contributed by atoms with E-state index >= 15 is 0 Å². The Morgan fingerprint density at radius 2 is 1.25 bits per heavy atom. The van der Waals surface area contributed by atoms with Crippen molar-refractivity contribution in [1.82, 2.24) is 0 Å². The fraction of sp³-hybridized carbons (Fsp3) is 0. The second-order valence-corrected chi connectivity index (χ2v) is 0.344. The van der Waals surface area contributed by atoms with E-state index in [0.717, 1.165) is 0 Å². The molecule has 30 valence electrons. The summed E-state index contributed by atoms with van der Waals surface area (Å²) in [6, 6.07) is 0. The van der Waals surface area contributed by atoms with E-state index in [0.29, 0.717) is 0 Å². The molecule has 0 aliphatic rings. The topological polar surface area (TPSA) is 34.1 Å². The van der Waals surface area contributed by atoms with Crippen LogP contribution in [0, 0.1) is 46.9 Å². The molecular weight excluding hydrogens is 253 g/mol. The SMILES string of the molecule is [O]=[Ti]=[O].[Yb]. The van der Waals surface area contributed by atoms with Crippen molar-refractivity contribution < 1.29 is 72.7 Å². The van der Waals surface area contributed by atoms with Gasteiger partial charge in [0.25, 0.3) is 0 Å². The third-order valence-electron chi connectivity index (χ3n) is 0. The van der Waals surface area contributed by atoms with Crippen molar-refractivity contribution in [2.75, 3.05) is 0 Å². The Bertz CT molecular complexity index is 27.0. The molecular formula is O2TiYb. The molecule has 0 aromatic heterocycles. The van der Waals surface area contributed by atoms with Gasteiger partial charge < -0.3 is 0 Å². The second kappa shape index (κ2) is 8.85. The van der Waals surface area contributed by atoms with Gasteiger partial charge in [-0.2, -0.15) is 0 Å². The molecule has 0 unspecified atom stereocenters. The van der Waals surface area contributed by atoms with Gasteiger partial charge in [-0.3, -0.25) is 0 Å². The largest absolute Gasteiger partial charge is 0 e. The Balaban J connectivity index is 0. The number of rotatable bonds is 0. The maximum absolute atomic E-state index is 8.50. The Kier molecular flexibility index (Phi) is 20.5. The summed E-state index contributed by atoms with van der Waals surface area (Å²) in [7, 11) is 0. The van der Waals surface area contributed by atoms with Gasteiger partial charge in [0.1, 0.15) is 0 Å². The monoisotopic (exact) mass is 254 g/mol. The van der Waals surface area contributed by atoms with Crippen LogP contribution in [0.3, 0.4) is 0 Å². The van der Waals surface area contributed by atoms with E-state index in [1.54, 1.807) is 0 Å². The van der Waals surface area contributed by atoms with Gasteiger partial charge >= 0.3 is 25.7 Å². The predicted octanol–water partition coefficient (Wildman–Crippen LogP) is -0.240. The van der Waals surface area contributed by atoms with Gasteiger partial charge in [-0.1, -0.05) is 0 Å². The third kappa shape index (κ3) is 9.16. The van der Waals surface area contributed by atoms with Crippen molar-refractivity contribution in [3.05, 3.63) is 0 Å². The average molecular weight is 253 g/mol.